The van der Waals surface area contributed by atoms with Gasteiger partial charge in [-0.1, -0.05) is 19.1 Å². The van der Waals surface area contributed by atoms with Gasteiger partial charge in [0.25, 0.3) is 0 Å². The zero-order valence-corrected chi connectivity index (χ0v) is 18.6. The molecule has 1 fully saturated rings. The lowest BCUT2D eigenvalue weighted by Crippen LogP contribution is -2.41. The molecule has 1 saturated heterocycles. The molecule has 4 rings (SSSR count). The second-order valence-electron chi connectivity index (χ2n) is 8.61. The van der Waals surface area contributed by atoms with Gasteiger partial charge in [0.15, 0.2) is 5.96 Å². The molecular formula is C23H35N7. The van der Waals surface area contributed by atoms with Crippen molar-refractivity contribution in [1.29, 1.82) is 0 Å². The van der Waals surface area contributed by atoms with Gasteiger partial charge < -0.3 is 15.5 Å². The zero-order valence-electron chi connectivity index (χ0n) is 18.6. The summed E-state index contributed by atoms with van der Waals surface area (Å²) < 4.78 is 2.03. The summed E-state index contributed by atoms with van der Waals surface area (Å²) in [5.74, 6) is 3.55. The van der Waals surface area contributed by atoms with Gasteiger partial charge in [0.05, 0.1) is 12.6 Å². The number of benzene rings is 1. The first-order valence-corrected chi connectivity index (χ1v) is 11.4. The summed E-state index contributed by atoms with van der Waals surface area (Å²) in [6.45, 7) is 11.2. The fourth-order valence-electron chi connectivity index (χ4n) is 4.34. The predicted molar refractivity (Wildman–Crippen MR) is 122 cm³/mol. The largest absolute Gasteiger partial charge is 0.372 e. The van der Waals surface area contributed by atoms with Gasteiger partial charge in [-0.05, 0) is 63.1 Å². The molecule has 0 amide bonds. The Kier molecular flexibility index (Phi) is 6.55. The summed E-state index contributed by atoms with van der Waals surface area (Å²) in [5.41, 5.74) is 2.56. The van der Waals surface area contributed by atoms with E-state index in [9.17, 15) is 0 Å². The second-order valence-corrected chi connectivity index (χ2v) is 8.61. The molecule has 0 bridgehead atoms. The predicted octanol–water partition coefficient (Wildman–Crippen LogP) is 3.41. The van der Waals surface area contributed by atoms with E-state index in [1.807, 2.05) is 11.6 Å². The highest BCUT2D eigenvalue weighted by atomic mass is 15.4. The number of aromatic nitrogens is 3. The van der Waals surface area contributed by atoms with Crippen LogP contribution in [0.2, 0.25) is 0 Å². The van der Waals surface area contributed by atoms with E-state index in [0.29, 0.717) is 6.54 Å². The zero-order chi connectivity index (χ0) is 20.9. The molecule has 1 atom stereocenters. The number of rotatable bonds is 5. The summed E-state index contributed by atoms with van der Waals surface area (Å²) in [5, 5.41) is 11.4. The lowest BCUT2D eigenvalue weighted by molar-refractivity contribution is 0.397. The Bertz CT molecular complexity index is 847. The van der Waals surface area contributed by atoms with Gasteiger partial charge >= 0.3 is 0 Å². The van der Waals surface area contributed by atoms with E-state index in [1.54, 1.807) is 0 Å². The number of aryl methyl sites for hydroxylation is 2. The van der Waals surface area contributed by atoms with Gasteiger partial charge in [-0.2, -0.15) is 5.10 Å². The van der Waals surface area contributed by atoms with Crippen LogP contribution in [0.15, 0.2) is 29.3 Å². The number of hydrogen-bond acceptors (Lipinski definition) is 4. The van der Waals surface area contributed by atoms with E-state index < -0.39 is 0 Å². The highest BCUT2D eigenvalue weighted by Gasteiger charge is 2.24. The third-order valence-corrected chi connectivity index (χ3v) is 6.14. The first-order chi connectivity index (χ1) is 14.6. The standard InChI is InChI=1S/C23H35N7/c1-4-24-23(27-21-6-5-13-30-22(21)26-18(3)28-30)25-16-19-7-9-20(10-8-19)29-14-11-17(2)12-15-29/h7-10,17,21H,4-6,11-16H2,1-3H3,(H2,24,25,27). The molecule has 2 aliphatic heterocycles. The lowest BCUT2D eigenvalue weighted by Gasteiger charge is -2.32. The number of nitrogens with one attached hydrogen (secondary N) is 2. The molecule has 2 aromatic rings. The molecule has 7 heteroatoms. The van der Waals surface area contributed by atoms with Crippen molar-refractivity contribution in [2.75, 3.05) is 24.5 Å². The smallest absolute Gasteiger partial charge is 0.192 e. The van der Waals surface area contributed by atoms with E-state index in [1.165, 1.54) is 37.2 Å². The fourth-order valence-corrected chi connectivity index (χ4v) is 4.34. The van der Waals surface area contributed by atoms with E-state index in [0.717, 1.165) is 49.5 Å². The summed E-state index contributed by atoms with van der Waals surface area (Å²) >= 11 is 0. The minimum atomic E-state index is 0.154. The van der Waals surface area contributed by atoms with Crippen molar-refractivity contribution < 1.29 is 0 Å². The highest BCUT2D eigenvalue weighted by Crippen LogP contribution is 2.24. The molecule has 1 aromatic heterocycles. The van der Waals surface area contributed by atoms with Crippen molar-refractivity contribution in [1.82, 2.24) is 25.4 Å². The Hall–Kier alpha value is -2.57. The van der Waals surface area contributed by atoms with Crippen LogP contribution in [0.1, 0.15) is 62.8 Å². The van der Waals surface area contributed by atoms with Gasteiger partial charge in [0, 0.05) is 31.9 Å². The Labute approximate surface area is 180 Å². The van der Waals surface area contributed by atoms with Crippen LogP contribution in [0.3, 0.4) is 0 Å². The van der Waals surface area contributed by atoms with E-state index in [2.05, 4.69) is 63.7 Å². The van der Waals surface area contributed by atoms with Gasteiger partial charge in [-0.3, -0.25) is 0 Å². The van der Waals surface area contributed by atoms with E-state index in [4.69, 9.17) is 4.99 Å². The lowest BCUT2D eigenvalue weighted by atomic mass is 9.99. The molecule has 2 aliphatic rings. The molecule has 2 N–H and O–H groups in total. The number of guanidine groups is 1. The molecular weight excluding hydrogens is 374 g/mol. The summed E-state index contributed by atoms with van der Waals surface area (Å²) in [4.78, 5) is 12.0. The number of aliphatic imine (C=N–C) groups is 1. The second kappa shape index (κ2) is 9.49. The van der Waals surface area contributed by atoms with Gasteiger partial charge in [-0.15, -0.1) is 0 Å². The molecule has 0 radical (unpaired) electrons. The van der Waals surface area contributed by atoms with Crippen LogP contribution < -0.4 is 15.5 Å². The van der Waals surface area contributed by atoms with E-state index >= 15 is 0 Å². The van der Waals surface area contributed by atoms with Crippen LogP contribution in [0.4, 0.5) is 5.69 Å². The topological polar surface area (TPSA) is 70.4 Å². The molecule has 0 saturated carbocycles. The fraction of sp³-hybridized carbons (Fsp3) is 0.609. The first-order valence-electron chi connectivity index (χ1n) is 11.4. The molecule has 1 aromatic carbocycles. The first kappa shape index (κ1) is 20.7. The molecule has 162 valence electrons. The van der Waals surface area contributed by atoms with Crippen molar-refractivity contribution >= 4 is 11.6 Å². The average molecular weight is 410 g/mol. The number of anilines is 1. The maximum absolute atomic E-state index is 4.83. The monoisotopic (exact) mass is 409 g/mol. The Balaban J connectivity index is 1.39. The SMILES string of the molecule is CCNC(=NCc1ccc(N2CCC(C)CC2)cc1)NC1CCCn2nc(C)nc21. The quantitative estimate of drug-likeness (QED) is 0.585. The van der Waals surface area contributed by atoms with Crippen LogP contribution in [0, 0.1) is 12.8 Å². The van der Waals surface area contributed by atoms with Gasteiger partial charge in [-0.25, -0.2) is 14.7 Å². The molecule has 0 aliphatic carbocycles. The third kappa shape index (κ3) is 4.94. The summed E-state index contributed by atoms with van der Waals surface area (Å²) in [6.07, 6.45) is 4.73. The third-order valence-electron chi connectivity index (χ3n) is 6.14. The minimum absolute atomic E-state index is 0.154. The van der Waals surface area contributed by atoms with Crippen LogP contribution in [-0.4, -0.2) is 40.4 Å². The summed E-state index contributed by atoms with van der Waals surface area (Å²) in [7, 11) is 0. The van der Waals surface area contributed by atoms with Crippen molar-refractivity contribution in [3.63, 3.8) is 0 Å². The number of nitrogens with zero attached hydrogens (tertiary/aromatic N) is 5. The van der Waals surface area contributed by atoms with Crippen molar-refractivity contribution in [3.05, 3.63) is 41.5 Å². The van der Waals surface area contributed by atoms with Gasteiger partial charge in [0.2, 0.25) is 0 Å². The maximum Gasteiger partial charge on any atom is 0.192 e. The number of piperidine rings is 1. The Morgan fingerprint density at radius 2 is 1.90 bits per heavy atom. The molecule has 7 nitrogen and oxygen atoms in total. The molecule has 0 spiro atoms. The molecule has 30 heavy (non-hydrogen) atoms. The maximum atomic E-state index is 4.83. The van der Waals surface area contributed by atoms with Gasteiger partial charge in [0.1, 0.15) is 11.6 Å². The van der Waals surface area contributed by atoms with Crippen LogP contribution in [-0.2, 0) is 13.1 Å². The van der Waals surface area contributed by atoms with Crippen molar-refractivity contribution in [3.8, 4) is 0 Å². The van der Waals surface area contributed by atoms with Crippen molar-refractivity contribution in [2.24, 2.45) is 10.9 Å². The van der Waals surface area contributed by atoms with Crippen LogP contribution in [0.5, 0.6) is 0 Å². The average Bonchev–Trinajstić information content (AvgIpc) is 3.14. The highest BCUT2D eigenvalue weighted by molar-refractivity contribution is 5.80. The Morgan fingerprint density at radius 3 is 2.63 bits per heavy atom. The Morgan fingerprint density at radius 1 is 1.13 bits per heavy atom. The van der Waals surface area contributed by atoms with E-state index in [-0.39, 0.29) is 6.04 Å². The van der Waals surface area contributed by atoms with Crippen molar-refractivity contribution in [2.45, 2.75) is 65.6 Å². The summed E-state index contributed by atoms with van der Waals surface area (Å²) in [6, 6.07) is 9.06. The van der Waals surface area contributed by atoms with Crippen LogP contribution in [0.25, 0.3) is 0 Å². The molecule has 1 unspecified atom stereocenters. The number of fused-ring (bicyclic) bond motifs is 1. The van der Waals surface area contributed by atoms with Crippen LogP contribution >= 0.6 is 0 Å². The minimum Gasteiger partial charge on any atom is -0.372 e. The normalized spacial score (nSPS) is 20.2. The molecule has 3 heterocycles. The number of hydrogen-bond donors (Lipinski definition) is 2.